The Kier molecular flexibility index (Phi) is 5.31. The van der Waals surface area contributed by atoms with Gasteiger partial charge >= 0.3 is 0 Å². The van der Waals surface area contributed by atoms with Crippen LogP contribution in [0.15, 0.2) is 12.2 Å². The lowest BCUT2D eigenvalue weighted by Gasteiger charge is -2.32. The molecule has 2 N–H and O–H groups in total. The van der Waals surface area contributed by atoms with Gasteiger partial charge in [-0.25, -0.2) is 0 Å². The molecular formula is C12H25N. The van der Waals surface area contributed by atoms with Gasteiger partial charge in [-0.05, 0) is 24.7 Å². The highest BCUT2D eigenvalue weighted by Crippen LogP contribution is 2.23. The monoisotopic (exact) mass is 183 g/mol. The van der Waals surface area contributed by atoms with Crippen molar-refractivity contribution >= 4 is 0 Å². The lowest BCUT2D eigenvalue weighted by molar-refractivity contribution is 0.314. The van der Waals surface area contributed by atoms with Gasteiger partial charge in [0.05, 0.1) is 0 Å². The third kappa shape index (κ3) is 3.95. The summed E-state index contributed by atoms with van der Waals surface area (Å²) in [5.74, 6) is 1.10. The van der Waals surface area contributed by atoms with Crippen LogP contribution in [-0.4, -0.2) is 5.54 Å². The summed E-state index contributed by atoms with van der Waals surface area (Å²) in [6, 6.07) is 0. The van der Waals surface area contributed by atoms with Crippen LogP contribution in [0.5, 0.6) is 0 Å². The Labute approximate surface area is 83.4 Å². The summed E-state index contributed by atoms with van der Waals surface area (Å²) >= 11 is 0. The summed E-state index contributed by atoms with van der Waals surface area (Å²) in [5, 5.41) is 0. The van der Waals surface area contributed by atoms with E-state index in [1.807, 2.05) is 0 Å². The quantitative estimate of drug-likeness (QED) is 0.650. The minimum atomic E-state index is -0.00854. The lowest BCUT2D eigenvalue weighted by atomic mass is 9.81. The van der Waals surface area contributed by atoms with Crippen LogP contribution in [0.25, 0.3) is 0 Å². The third-order valence-corrected chi connectivity index (χ3v) is 3.01. The molecule has 0 aliphatic heterocycles. The molecule has 0 spiro atoms. The van der Waals surface area contributed by atoms with Gasteiger partial charge in [-0.1, -0.05) is 46.8 Å². The van der Waals surface area contributed by atoms with Crippen molar-refractivity contribution in [3.8, 4) is 0 Å². The van der Waals surface area contributed by atoms with E-state index >= 15 is 0 Å². The number of rotatable bonds is 5. The first-order chi connectivity index (χ1) is 5.96. The van der Waals surface area contributed by atoms with Gasteiger partial charge in [0.25, 0.3) is 0 Å². The molecule has 13 heavy (non-hydrogen) atoms. The molecule has 0 rings (SSSR count). The van der Waals surface area contributed by atoms with Gasteiger partial charge in [-0.3, -0.25) is 0 Å². The first-order valence-electron chi connectivity index (χ1n) is 5.43. The maximum atomic E-state index is 6.28. The Bertz CT molecular complexity index is 155. The van der Waals surface area contributed by atoms with E-state index in [2.05, 4.69) is 46.8 Å². The molecule has 0 amide bonds. The van der Waals surface area contributed by atoms with Crippen LogP contribution >= 0.6 is 0 Å². The van der Waals surface area contributed by atoms with E-state index < -0.39 is 0 Å². The first-order valence-corrected chi connectivity index (χ1v) is 5.43. The Morgan fingerprint density at radius 1 is 1.08 bits per heavy atom. The van der Waals surface area contributed by atoms with Gasteiger partial charge in [0.1, 0.15) is 0 Å². The molecule has 0 aromatic heterocycles. The van der Waals surface area contributed by atoms with Gasteiger partial charge in [0.15, 0.2) is 0 Å². The molecule has 0 aliphatic carbocycles. The first kappa shape index (κ1) is 12.7. The zero-order chi connectivity index (χ0) is 10.5. The zero-order valence-electron chi connectivity index (χ0n) is 9.80. The Morgan fingerprint density at radius 3 is 1.85 bits per heavy atom. The van der Waals surface area contributed by atoms with Crippen molar-refractivity contribution in [1.82, 2.24) is 0 Å². The molecule has 1 atom stereocenters. The van der Waals surface area contributed by atoms with Crippen LogP contribution in [0.4, 0.5) is 0 Å². The number of allylic oxidation sites excluding steroid dienone is 1. The normalized spacial score (nSPS) is 15.6. The maximum absolute atomic E-state index is 6.28. The van der Waals surface area contributed by atoms with E-state index in [4.69, 9.17) is 5.73 Å². The Balaban J connectivity index is 4.30. The van der Waals surface area contributed by atoms with Gasteiger partial charge in [-0.15, -0.1) is 0 Å². The minimum Gasteiger partial charge on any atom is -0.325 e. The van der Waals surface area contributed by atoms with Gasteiger partial charge in [-0.2, -0.15) is 0 Å². The minimum absolute atomic E-state index is 0.00854. The van der Waals surface area contributed by atoms with Crippen molar-refractivity contribution in [3.63, 3.8) is 0 Å². The molecule has 1 heteroatoms. The third-order valence-electron chi connectivity index (χ3n) is 3.01. The van der Waals surface area contributed by atoms with E-state index in [-0.39, 0.29) is 5.54 Å². The van der Waals surface area contributed by atoms with Crippen molar-refractivity contribution < 1.29 is 0 Å². The largest absolute Gasteiger partial charge is 0.325 e. The van der Waals surface area contributed by atoms with E-state index in [1.54, 1.807) is 0 Å². The fourth-order valence-corrected chi connectivity index (χ4v) is 1.47. The van der Waals surface area contributed by atoms with Crippen molar-refractivity contribution in [2.24, 2.45) is 17.6 Å². The van der Waals surface area contributed by atoms with E-state index in [9.17, 15) is 0 Å². The molecule has 0 radical (unpaired) electrons. The molecule has 0 heterocycles. The molecule has 0 aromatic rings. The number of hydrogen-bond donors (Lipinski definition) is 1. The Morgan fingerprint density at radius 2 is 1.54 bits per heavy atom. The average molecular weight is 183 g/mol. The van der Waals surface area contributed by atoms with Crippen LogP contribution in [-0.2, 0) is 0 Å². The Hall–Kier alpha value is -0.300. The average Bonchev–Trinajstić information content (AvgIpc) is 2.12. The van der Waals surface area contributed by atoms with E-state index in [0.29, 0.717) is 11.8 Å². The zero-order valence-corrected chi connectivity index (χ0v) is 9.80. The van der Waals surface area contributed by atoms with Crippen LogP contribution in [0, 0.1) is 11.8 Å². The molecule has 0 saturated carbocycles. The summed E-state index contributed by atoms with van der Waals surface area (Å²) in [4.78, 5) is 0. The number of nitrogens with two attached hydrogens (primary N) is 1. The molecule has 1 nitrogen and oxygen atoms in total. The van der Waals surface area contributed by atoms with Crippen LogP contribution in [0.2, 0.25) is 0 Å². The SMILES string of the molecule is CCC(N)(CC)C(C)/C=C\C(C)C. The molecule has 1 unspecified atom stereocenters. The van der Waals surface area contributed by atoms with Crippen LogP contribution < -0.4 is 5.73 Å². The highest BCUT2D eigenvalue weighted by Gasteiger charge is 2.25. The number of hydrogen-bond acceptors (Lipinski definition) is 1. The van der Waals surface area contributed by atoms with Gasteiger partial charge < -0.3 is 5.73 Å². The van der Waals surface area contributed by atoms with E-state index in [0.717, 1.165) is 12.8 Å². The van der Waals surface area contributed by atoms with Crippen molar-refractivity contribution in [2.45, 2.75) is 53.0 Å². The summed E-state index contributed by atoms with van der Waals surface area (Å²) in [7, 11) is 0. The second-order valence-electron chi connectivity index (χ2n) is 4.36. The summed E-state index contributed by atoms with van der Waals surface area (Å²) in [6.07, 6.45) is 6.61. The van der Waals surface area contributed by atoms with Crippen molar-refractivity contribution in [3.05, 3.63) is 12.2 Å². The fraction of sp³-hybridized carbons (Fsp3) is 0.833. The smallest absolute Gasteiger partial charge is 0.0209 e. The molecule has 78 valence electrons. The van der Waals surface area contributed by atoms with Crippen LogP contribution in [0.1, 0.15) is 47.5 Å². The van der Waals surface area contributed by atoms with Gasteiger partial charge in [0.2, 0.25) is 0 Å². The molecule has 0 aromatic carbocycles. The maximum Gasteiger partial charge on any atom is 0.0209 e. The summed E-state index contributed by atoms with van der Waals surface area (Å²) < 4.78 is 0. The second-order valence-corrected chi connectivity index (χ2v) is 4.36. The molecule has 0 saturated heterocycles. The topological polar surface area (TPSA) is 26.0 Å². The predicted octanol–water partition coefficient (Wildman–Crippen LogP) is 3.35. The second kappa shape index (κ2) is 5.43. The molecular weight excluding hydrogens is 158 g/mol. The lowest BCUT2D eigenvalue weighted by Crippen LogP contribution is -2.44. The standard InChI is InChI=1S/C12H25N/c1-6-12(13,7-2)11(5)9-8-10(3)4/h8-11H,6-7,13H2,1-5H3/b9-8-. The fourth-order valence-electron chi connectivity index (χ4n) is 1.47. The van der Waals surface area contributed by atoms with Gasteiger partial charge in [0, 0.05) is 5.54 Å². The van der Waals surface area contributed by atoms with Crippen molar-refractivity contribution in [2.75, 3.05) is 0 Å². The molecule has 0 fully saturated rings. The van der Waals surface area contributed by atoms with Crippen LogP contribution in [0.3, 0.4) is 0 Å². The highest BCUT2D eigenvalue weighted by atomic mass is 14.7. The molecule has 0 bridgehead atoms. The van der Waals surface area contributed by atoms with E-state index in [1.165, 1.54) is 0 Å². The van der Waals surface area contributed by atoms with Crippen molar-refractivity contribution in [1.29, 1.82) is 0 Å². The predicted molar refractivity (Wildman–Crippen MR) is 60.6 cm³/mol. The summed E-state index contributed by atoms with van der Waals surface area (Å²) in [5.41, 5.74) is 6.27. The molecule has 0 aliphatic rings. The highest BCUT2D eigenvalue weighted by molar-refractivity contribution is 5.00. The summed E-state index contributed by atoms with van der Waals surface area (Å²) in [6.45, 7) is 10.9.